The highest BCUT2D eigenvalue weighted by molar-refractivity contribution is 7.92. The van der Waals surface area contributed by atoms with Crippen LogP contribution in [0.3, 0.4) is 0 Å². The number of hydrogen-bond acceptors (Lipinski definition) is 3. The lowest BCUT2D eigenvalue weighted by molar-refractivity contribution is -0.122. The zero-order valence-corrected chi connectivity index (χ0v) is 18.3. The fourth-order valence-corrected chi connectivity index (χ4v) is 4.59. The molecule has 28 heavy (non-hydrogen) atoms. The number of anilines is 1. The van der Waals surface area contributed by atoms with E-state index >= 15 is 0 Å². The van der Waals surface area contributed by atoms with E-state index in [1.54, 1.807) is 19.1 Å². The smallest absolute Gasteiger partial charge is 0.244 e. The van der Waals surface area contributed by atoms with Gasteiger partial charge in [0, 0.05) is 0 Å². The quantitative estimate of drug-likeness (QED) is 0.764. The molecule has 0 aromatic heterocycles. The second-order valence-electron chi connectivity index (χ2n) is 7.35. The molecule has 2 aromatic rings. The molecule has 0 saturated heterocycles. The third-order valence-electron chi connectivity index (χ3n) is 4.94. The minimum atomic E-state index is -3.62. The van der Waals surface area contributed by atoms with Crippen LogP contribution in [0.2, 0.25) is 0 Å². The van der Waals surface area contributed by atoms with Gasteiger partial charge in [0.25, 0.3) is 0 Å². The zero-order chi connectivity index (χ0) is 21.1. The number of amides is 1. The van der Waals surface area contributed by atoms with Crippen LogP contribution in [0.25, 0.3) is 0 Å². The van der Waals surface area contributed by atoms with Crippen molar-refractivity contribution < 1.29 is 13.2 Å². The average Bonchev–Trinajstić information content (AvgIpc) is 2.61. The van der Waals surface area contributed by atoms with Crippen LogP contribution in [0.4, 0.5) is 5.69 Å². The van der Waals surface area contributed by atoms with Gasteiger partial charge >= 0.3 is 0 Å². The molecule has 0 bridgehead atoms. The SMILES string of the molecule is CCc1ccc(N([C@H](C)C(=O)N[C@@H](C)c2ccc(C)cc2C)S(C)(=O)=O)cc1. The maximum absolute atomic E-state index is 12.9. The molecule has 2 atom stereocenters. The molecule has 152 valence electrons. The molecule has 0 unspecified atom stereocenters. The van der Waals surface area contributed by atoms with E-state index in [0.29, 0.717) is 5.69 Å². The van der Waals surface area contributed by atoms with E-state index in [-0.39, 0.29) is 11.9 Å². The minimum Gasteiger partial charge on any atom is -0.348 e. The standard InChI is InChI=1S/C22H30N2O3S/c1-7-19-9-11-20(12-10-19)24(28(6,26)27)18(5)22(25)23-17(4)21-13-8-15(2)14-16(21)3/h8-14,17-18H,7H2,1-6H3,(H,23,25)/t17-,18+/m0/s1. The number of benzene rings is 2. The zero-order valence-electron chi connectivity index (χ0n) is 17.5. The highest BCUT2D eigenvalue weighted by atomic mass is 32.2. The first-order valence-electron chi connectivity index (χ1n) is 9.50. The van der Waals surface area contributed by atoms with E-state index in [0.717, 1.165) is 34.9 Å². The number of carbonyl (C=O) groups excluding carboxylic acids is 1. The summed E-state index contributed by atoms with van der Waals surface area (Å²) >= 11 is 0. The number of nitrogens with one attached hydrogen (secondary N) is 1. The third-order valence-corrected chi connectivity index (χ3v) is 6.18. The van der Waals surface area contributed by atoms with E-state index < -0.39 is 16.1 Å². The maximum Gasteiger partial charge on any atom is 0.244 e. The monoisotopic (exact) mass is 402 g/mol. The molecule has 0 saturated carbocycles. The number of aryl methyl sites for hydroxylation is 3. The topological polar surface area (TPSA) is 66.5 Å². The van der Waals surface area contributed by atoms with Gasteiger partial charge in [0.2, 0.25) is 15.9 Å². The first-order valence-corrected chi connectivity index (χ1v) is 11.3. The van der Waals surface area contributed by atoms with Crippen molar-refractivity contribution in [3.8, 4) is 0 Å². The summed E-state index contributed by atoms with van der Waals surface area (Å²) in [7, 11) is -3.62. The Morgan fingerprint density at radius 3 is 2.18 bits per heavy atom. The van der Waals surface area contributed by atoms with Crippen LogP contribution in [0.1, 0.15) is 49.1 Å². The molecule has 6 heteroatoms. The van der Waals surface area contributed by atoms with Crippen molar-refractivity contribution in [2.45, 2.75) is 53.1 Å². The van der Waals surface area contributed by atoms with Crippen LogP contribution >= 0.6 is 0 Å². The number of carbonyl (C=O) groups is 1. The molecular formula is C22H30N2O3S. The van der Waals surface area contributed by atoms with Crippen molar-refractivity contribution in [1.29, 1.82) is 0 Å². The Balaban J connectivity index is 2.25. The number of sulfonamides is 1. The van der Waals surface area contributed by atoms with Crippen molar-refractivity contribution in [2.24, 2.45) is 0 Å². The summed E-state index contributed by atoms with van der Waals surface area (Å²) in [4.78, 5) is 12.9. The normalized spacial score (nSPS) is 13.6. The molecule has 5 nitrogen and oxygen atoms in total. The van der Waals surface area contributed by atoms with Crippen LogP contribution < -0.4 is 9.62 Å². The van der Waals surface area contributed by atoms with Gasteiger partial charge in [-0.1, -0.05) is 42.8 Å². The molecule has 1 N–H and O–H groups in total. The van der Waals surface area contributed by atoms with Gasteiger partial charge in [0.15, 0.2) is 0 Å². The van der Waals surface area contributed by atoms with Crippen LogP contribution in [-0.2, 0) is 21.2 Å². The largest absolute Gasteiger partial charge is 0.348 e. The highest BCUT2D eigenvalue weighted by Gasteiger charge is 2.30. The second-order valence-corrected chi connectivity index (χ2v) is 9.20. The summed E-state index contributed by atoms with van der Waals surface area (Å²) in [5, 5.41) is 2.96. The summed E-state index contributed by atoms with van der Waals surface area (Å²) in [5.41, 5.74) is 4.87. The highest BCUT2D eigenvalue weighted by Crippen LogP contribution is 2.23. The van der Waals surface area contributed by atoms with Gasteiger partial charge in [0.05, 0.1) is 18.0 Å². The summed E-state index contributed by atoms with van der Waals surface area (Å²) in [6, 6.07) is 12.3. The Morgan fingerprint density at radius 2 is 1.68 bits per heavy atom. The summed E-state index contributed by atoms with van der Waals surface area (Å²) < 4.78 is 26.0. The van der Waals surface area contributed by atoms with Gasteiger partial charge in [-0.3, -0.25) is 9.10 Å². The van der Waals surface area contributed by atoms with Gasteiger partial charge in [-0.25, -0.2) is 8.42 Å². The lowest BCUT2D eigenvalue weighted by atomic mass is 10.00. The van der Waals surface area contributed by atoms with Crippen molar-refractivity contribution in [3.05, 3.63) is 64.7 Å². The van der Waals surface area contributed by atoms with Crippen LogP contribution in [0.5, 0.6) is 0 Å². The minimum absolute atomic E-state index is 0.223. The fraction of sp³-hybridized carbons (Fsp3) is 0.409. The molecule has 0 aliphatic rings. The fourth-order valence-electron chi connectivity index (χ4n) is 3.41. The van der Waals surface area contributed by atoms with E-state index in [1.807, 2.05) is 52.0 Å². The van der Waals surface area contributed by atoms with E-state index in [1.165, 1.54) is 4.31 Å². The second kappa shape index (κ2) is 8.78. The van der Waals surface area contributed by atoms with Gasteiger partial charge in [-0.2, -0.15) is 0 Å². The first-order chi connectivity index (χ1) is 13.0. The first kappa shape index (κ1) is 22.0. The predicted octanol–water partition coefficient (Wildman–Crippen LogP) is 3.90. The molecule has 0 heterocycles. The number of nitrogens with zero attached hydrogens (tertiary/aromatic N) is 1. The Kier molecular flexibility index (Phi) is 6.88. The Hall–Kier alpha value is -2.34. The van der Waals surface area contributed by atoms with Crippen LogP contribution in [-0.4, -0.2) is 26.6 Å². The molecule has 2 rings (SSSR count). The van der Waals surface area contributed by atoms with Crippen LogP contribution in [0.15, 0.2) is 42.5 Å². The molecule has 1 amide bonds. The summed E-state index contributed by atoms with van der Waals surface area (Å²) in [6.07, 6.45) is 1.99. The van der Waals surface area contributed by atoms with Gasteiger partial charge < -0.3 is 5.32 Å². The third kappa shape index (κ3) is 5.13. The molecule has 0 fully saturated rings. The Bertz CT molecular complexity index is 937. The van der Waals surface area contributed by atoms with Crippen LogP contribution in [0, 0.1) is 13.8 Å². The predicted molar refractivity (Wildman–Crippen MR) is 115 cm³/mol. The number of rotatable bonds is 7. The summed E-state index contributed by atoms with van der Waals surface area (Å²) in [5.74, 6) is -0.336. The lowest BCUT2D eigenvalue weighted by Crippen LogP contribution is -2.48. The van der Waals surface area contributed by atoms with Crippen molar-refractivity contribution in [1.82, 2.24) is 5.32 Å². The Labute approximate surface area is 168 Å². The molecule has 2 aromatic carbocycles. The lowest BCUT2D eigenvalue weighted by Gasteiger charge is -2.29. The van der Waals surface area contributed by atoms with Crippen molar-refractivity contribution in [2.75, 3.05) is 10.6 Å². The molecular weight excluding hydrogens is 372 g/mol. The van der Waals surface area contributed by atoms with Gasteiger partial charge in [-0.15, -0.1) is 0 Å². The van der Waals surface area contributed by atoms with Crippen molar-refractivity contribution >= 4 is 21.6 Å². The van der Waals surface area contributed by atoms with E-state index in [2.05, 4.69) is 11.4 Å². The maximum atomic E-state index is 12.9. The van der Waals surface area contributed by atoms with Crippen molar-refractivity contribution in [3.63, 3.8) is 0 Å². The molecule has 0 radical (unpaired) electrons. The number of hydrogen-bond donors (Lipinski definition) is 1. The van der Waals surface area contributed by atoms with E-state index in [4.69, 9.17) is 0 Å². The Morgan fingerprint density at radius 1 is 1.07 bits per heavy atom. The molecule has 0 spiro atoms. The van der Waals surface area contributed by atoms with Gasteiger partial charge in [0.1, 0.15) is 6.04 Å². The molecule has 0 aliphatic heterocycles. The average molecular weight is 403 g/mol. The summed E-state index contributed by atoms with van der Waals surface area (Å²) in [6.45, 7) is 9.58. The van der Waals surface area contributed by atoms with E-state index in [9.17, 15) is 13.2 Å². The molecule has 0 aliphatic carbocycles. The van der Waals surface area contributed by atoms with Gasteiger partial charge in [-0.05, 0) is 62.9 Å².